The summed E-state index contributed by atoms with van der Waals surface area (Å²) in [6, 6.07) is 14.4. The number of ether oxygens (including phenoxy) is 2. The third kappa shape index (κ3) is 3.95. The summed E-state index contributed by atoms with van der Waals surface area (Å²) in [4.78, 5) is 24.7. The van der Waals surface area contributed by atoms with E-state index in [2.05, 4.69) is 10.9 Å². The number of carbonyl (C=O) groups excluding carboxylic acids is 2. The van der Waals surface area contributed by atoms with Crippen LogP contribution in [0.15, 0.2) is 53.4 Å². The summed E-state index contributed by atoms with van der Waals surface area (Å²) in [5, 5.41) is 0. The fourth-order valence-corrected chi connectivity index (χ4v) is 2.66. The molecule has 0 fully saturated rings. The van der Waals surface area contributed by atoms with E-state index in [4.69, 9.17) is 9.47 Å². The smallest absolute Gasteiger partial charge is 0.269 e. The molecule has 2 N–H and O–H groups in total. The molecule has 2 aromatic carbocycles. The second-order valence-corrected chi connectivity index (χ2v) is 5.72. The van der Waals surface area contributed by atoms with Crippen molar-refractivity contribution in [2.75, 3.05) is 12.5 Å². The van der Waals surface area contributed by atoms with E-state index in [1.165, 1.54) is 11.8 Å². The number of benzene rings is 2. The Balaban J connectivity index is 1.48. The summed E-state index contributed by atoms with van der Waals surface area (Å²) in [5.41, 5.74) is 5.15. The molecule has 0 radical (unpaired) electrons. The quantitative estimate of drug-likeness (QED) is 0.662. The highest BCUT2D eigenvalue weighted by atomic mass is 32.2. The van der Waals surface area contributed by atoms with E-state index in [1.807, 2.05) is 30.3 Å². The minimum atomic E-state index is -0.415. The van der Waals surface area contributed by atoms with Gasteiger partial charge in [-0.3, -0.25) is 20.4 Å². The summed E-state index contributed by atoms with van der Waals surface area (Å²) >= 11 is 1.39. The maximum absolute atomic E-state index is 12.0. The van der Waals surface area contributed by atoms with Gasteiger partial charge in [0, 0.05) is 10.5 Å². The van der Waals surface area contributed by atoms with Gasteiger partial charge >= 0.3 is 0 Å². The topological polar surface area (TPSA) is 76.7 Å². The molecule has 7 heteroatoms. The zero-order chi connectivity index (χ0) is 16.1. The van der Waals surface area contributed by atoms with Gasteiger partial charge < -0.3 is 9.47 Å². The molecule has 1 heterocycles. The molecular weight excluding hydrogens is 316 g/mol. The molecule has 3 rings (SSSR count). The molecule has 6 nitrogen and oxygen atoms in total. The van der Waals surface area contributed by atoms with Crippen molar-refractivity contribution < 1.29 is 19.1 Å². The Bertz CT molecular complexity index is 721. The molecule has 0 saturated heterocycles. The maximum Gasteiger partial charge on any atom is 0.269 e. The zero-order valence-corrected chi connectivity index (χ0v) is 12.9. The summed E-state index contributed by atoms with van der Waals surface area (Å²) in [6.45, 7) is 0.147. The number of nitrogens with one attached hydrogen (secondary N) is 2. The fraction of sp³-hybridized carbons (Fsp3) is 0.125. The Morgan fingerprint density at radius 3 is 2.61 bits per heavy atom. The molecule has 1 aliphatic heterocycles. The lowest BCUT2D eigenvalue weighted by Gasteiger charge is -2.08. The van der Waals surface area contributed by atoms with E-state index in [1.54, 1.807) is 18.2 Å². The van der Waals surface area contributed by atoms with E-state index < -0.39 is 5.91 Å². The van der Waals surface area contributed by atoms with Crippen molar-refractivity contribution in [3.05, 3.63) is 54.1 Å². The predicted molar refractivity (Wildman–Crippen MR) is 85.3 cm³/mol. The third-order valence-corrected chi connectivity index (χ3v) is 4.08. The first kappa shape index (κ1) is 15.2. The molecule has 0 saturated carbocycles. The lowest BCUT2D eigenvalue weighted by Crippen LogP contribution is -2.42. The lowest BCUT2D eigenvalue weighted by molar-refractivity contribution is -0.119. The first-order valence-electron chi connectivity index (χ1n) is 6.89. The summed E-state index contributed by atoms with van der Waals surface area (Å²) < 4.78 is 10.4. The predicted octanol–water partition coefficient (Wildman–Crippen LogP) is 1.97. The molecule has 118 valence electrons. The standard InChI is InChI=1S/C16H14N2O4S/c19-15(9-23-12-4-2-1-3-5-12)17-18-16(20)11-6-7-13-14(8-11)22-10-21-13/h1-8H,9-10H2,(H,17,19)(H,18,20). The second kappa shape index (κ2) is 7.06. The molecule has 23 heavy (non-hydrogen) atoms. The number of thioether (sulfide) groups is 1. The number of hydrazine groups is 1. The Labute approximate surface area is 137 Å². The molecule has 0 unspecified atom stereocenters. The van der Waals surface area contributed by atoms with Crippen LogP contribution < -0.4 is 20.3 Å². The van der Waals surface area contributed by atoms with Crippen LogP contribution in [0.25, 0.3) is 0 Å². The van der Waals surface area contributed by atoms with Gasteiger partial charge in [0.1, 0.15) is 0 Å². The van der Waals surface area contributed by atoms with Gasteiger partial charge in [-0.25, -0.2) is 0 Å². The average molecular weight is 330 g/mol. The van der Waals surface area contributed by atoms with Crippen molar-refractivity contribution in [1.29, 1.82) is 0 Å². The zero-order valence-electron chi connectivity index (χ0n) is 12.1. The van der Waals surface area contributed by atoms with Crippen LogP contribution >= 0.6 is 11.8 Å². The first-order valence-corrected chi connectivity index (χ1v) is 7.87. The largest absolute Gasteiger partial charge is 0.454 e. The van der Waals surface area contributed by atoms with Crippen LogP contribution in [0.1, 0.15) is 10.4 Å². The van der Waals surface area contributed by atoms with Crippen molar-refractivity contribution in [2.45, 2.75) is 4.90 Å². The van der Waals surface area contributed by atoms with E-state index in [-0.39, 0.29) is 18.5 Å². The molecule has 0 bridgehead atoms. The van der Waals surface area contributed by atoms with Crippen LogP contribution in [-0.2, 0) is 4.79 Å². The minimum Gasteiger partial charge on any atom is -0.454 e. The second-order valence-electron chi connectivity index (χ2n) is 4.67. The van der Waals surface area contributed by atoms with Crippen LogP contribution in [0, 0.1) is 0 Å². The number of hydrogen-bond acceptors (Lipinski definition) is 5. The maximum atomic E-state index is 12.0. The van der Waals surface area contributed by atoms with Gasteiger partial charge in [0.05, 0.1) is 5.75 Å². The number of fused-ring (bicyclic) bond motifs is 1. The molecule has 1 aliphatic rings. The summed E-state index contributed by atoms with van der Waals surface area (Å²) in [7, 11) is 0. The third-order valence-electron chi connectivity index (χ3n) is 3.06. The number of carbonyl (C=O) groups is 2. The average Bonchev–Trinajstić information content (AvgIpc) is 3.06. The molecular formula is C16H14N2O4S. The Morgan fingerprint density at radius 2 is 1.78 bits per heavy atom. The van der Waals surface area contributed by atoms with Crippen LogP contribution in [0.3, 0.4) is 0 Å². The Hall–Kier alpha value is -2.67. The van der Waals surface area contributed by atoms with Crippen molar-refractivity contribution >= 4 is 23.6 Å². The van der Waals surface area contributed by atoms with Crippen molar-refractivity contribution in [2.24, 2.45) is 0 Å². The van der Waals surface area contributed by atoms with Gasteiger partial charge in [-0.15, -0.1) is 11.8 Å². The molecule has 0 spiro atoms. The van der Waals surface area contributed by atoms with Crippen LogP contribution in [0.5, 0.6) is 11.5 Å². The molecule has 0 aromatic heterocycles. The Kier molecular flexibility index (Phi) is 4.68. The number of amides is 2. The highest BCUT2D eigenvalue weighted by Gasteiger charge is 2.16. The van der Waals surface area contributed by atoms with Gasteiger partial charge in [0.15, 0.2) is 11.5 Å². The minimum absolute atomic E-state index is 0.147. The van der Waals surface area contributed by atoms with Crippen molar-refractivity contribution in [3.63, 3.8) is 0 Å². The number of hydrogen-bond donors (Lipinski definition) is 2. The van der Waals surface area contributed by atoms with Crippen molar-refractivity contribution in [3.8, 4) is 11.5 Å². The van der Waals surface area contributed by atoms with E-state index in [9.17, 15) is 9.59 Å². The van der Waals surface area contributed by atoms with Gasteiger partial charge in [-0.05, 0) is 30.3 Å². The molecule has 0 aliphatic carbocycles. The molecule has 0 atom stereocenters. The normalized spacial score (nSPS) is 11.8. The van der Waals surface area contributed by atoms with Crippen LogP contribution in [-0.4, -0.2) is 24.4 Å². The van der Waals surface area contributed by atoms with Gasteiger partial charge in [0.25, 0.3) is 5.91 Å². The van der Waals surface area contributed by atoms with Crippen molar-refractivity contribution in [1.82, 2.24) is 10.9 Å². The highest BCUT2D eigenvalue weighted by Crippen LogP contribution is 2.32. The summed E-state index contributed by atoms with van der Waals surface area (Å²) in [6.07, 6.45) is 0. The van der Waals surface area contributed by atoms with Gasteiger partial charge in [0.2, 0.25) is 12.7 Å². The van der Waals surface area contributed by atoms with Gasteiger partial charge in [-0.1, -0.05) is 18.2 Å². The SMILES string of the molecule is O=C(CSc1ccccc1)NNC(=O)c1ccc2c(c1)OCO2. The Morgan fingerprint density at radius 1 is 1.00 bits per heavy atom. The monoisotopic (exact) mass is 330 g/mol. The van der Waals surface area contributed by atoms with Crippen LogP contribution in [0.2, 0.25) is 0 Å². The van der Waals surface area contributed by atoms with E-state index in [0.717, 1.165) is 4.90 Å². The molecule has 2 amide bonds. The summed E-state index contributed by atoms with van der Waals surface area (Å²) in [5.74, 6) is 0.633. The fourth-order valence-electron chi connectivity index (χ4n) is 1.94. The first-order chi connectivity index (χ1) is 11.2. The lowest BCUT2D eigenvalue weighted by atomic mass is 10.2. The number of rotatable bonds is 4. The highest BCUT2D eigenvalue weighted by molar-refractivity contribution is 8.00. The molecule has 2 aromatic rings. The van der Waals surface area contributed by atoms with E-state index >= 15 is 0 Å². The van der Waals surface area contributed by atoms with Crippen LogP contribution in [0.4, 0.5) is 0 Å². The van der Waals surface area contributed by atoms with E-state index in [0.29, 0.717) is 17.1 Å². The van der Waals surface area contributed by atoms with Gasteiger partial charge in [-0.2, -0.15) is 0 Å².